The van der Waals surface area contributed by atoms with E-state index in [0.717, 1.165) is 0 Å². The van der Waals surface area contributed by atoms with Crippen LogP contribution in [0, 0.1) is 0 Å². The summed E-state index contributed by atoms with van der Waals surface area (Å²) in [4.78, 5) is 11.2. The minimum absolute atomic E-state index is 0.000301. The molecule has 0 bridgehead atoms. The van der Waals surface area contributed by atoms with Crippen molar-refractivity contribution in [3.8, 4) is 0 Å². The molecule has 1 rings (SSSR count). The molecule has 1 aromatic heterocycles. The van der Waals surface area contributed by atoms with Crippen molar-refractivity contribution in [3.63, 3.8) is 0 Å². The largest absolute Gasteiger partial charge is 0.407 e. The molecule has 19 heavy (non-hydrogen) atoms. The molecule has 0 fully saturated rings. The highest BCUT2D eigenvalue weighted by Gasteiger charge is 2.12. The number of anilines is 1. The molecule has 0 atom stereocenters. The lowest BCUT2D eigenvalue weighted by molar-refractivity contribution is -0.120. The van der Waals surface area contributed by atoms with Gasteiger partial charge in [0.05, 0.1) is 6.54 Å². The first-order chi connectivity index (χ1) is 8.90. The zero-order chi connectivity index (χ0) is 14.3. The SMILES string of the molecule is CCNC(=O)CCNc1nnc(CNC(C)(C)C)o1. The smallest absolute Gasteiger partial charge is 0.315 e. The Balaban J connectivity index is 2.29. The van der Waals surface area contributed by atoms with Gasteiger partial charge in [-0.05, 0) is 27.7 Å². The molecule has 7 heteroatoms. The molecule has 0 saturated carbocycles. The molecular formula is C12H23N5O2. The average Bonchev–Trinajstić information content (AvgIpc) is 2.74. The summed E-state index contributed by atoms with van der Waals surface area (Å²) in [7, 11) is 0. The number of hydrogen-bond acceptors (Lipinski definition) is 6. The van der Waals surface area contributed by atoms with Crippen molar-refractivity contribution < 1.29 is 9.21 Å². The highest BCUT2D eigenvalue weighted by atomic mass is 16.4. The topological polar surface area (TPSA) is 92.1 Å². The van der Waals surface area contributed by atoms with Gasteiger partial charge in [-0.1, -0.05) is 5.10 Å². The Morgan fingerprint density at radius 3 is 2.68 bits per heavy atom. The predicted octanol–water partition coefficient (Wildman–Crippen LogP) is 0.896. The summed E-state index contributed by atoms with van der Waals surface area (Å²) in [6, 6.07) is 0.343. The number of aromatic nitrogens is 2. The summed E-state index contributed by atoms with van der Waals surface area (Å²) < 4.78 is 5.39. The van der Waals surface area contributed by atoms with Gasteiger partial charge >= 0.3 is 6.01 Å². The van der Waals surface area contributed by atoms with E-state index >= 15 is 0 Å². The zero-order valence-corrected chi connectivity index (χ0v) is 12.0. The molecule has 1 aromatic rings. The number of amides is 1. The molecular weight excluding hydrogens is 246 g/mol. The first-order valence-electron chi connectivity index (χ1n) is 6.48. The third kappa shape index (κ3) is 6.76. The Kier molecular flexibility index (Phi) is 5.75. The Hall–Kier alpha value is -1.63. The van der Waals surface area contributed by atoms with Crippen LogP contribution in [0.4, 0.5) is 6.01 Å². The quantitative estimate of drug-likeness (QED) is 0.681. The summed E-state index contributed by atoms with van der Waals surface area (Å²) in [6.07, 6.45) is 0.381. The van der Waals surface area contributed by atoms with Gasteiger partial charge in [0, 0.05) is 25.0 Å². The number of nitrogens with zero attached hydrogens (tertiary/aromatic N) is 2. The van der Waals surface area contributed by atoms with Crippen LogP contribution in [-0.4, -0.2) is 34.7 Å². The summed E-state index contributed by atoms with van der Waals surface area (Å²) >= 11 is 0. The standard InChI is InChI=1S/C12H23N5O2/c1-5-13-9(18)6-7-14-11-17-16-10(19-11)8-15-12(2,3)4/h15H,5-8H2,1-4H3,(H,13,18)(H,14,17). The fourth-order valence-electron chi connectivity index (χ4n) is 1.31. The van der Waals surface area contributed by atoms with E-state index in [1.54, 1.807) is 0 Å². The second kappa shape index (κ2) is 7.08. The second-order valence-electron chi connectivity index (χ2n) is 5.23. The minimum Gasteiger partial charge on any atom is -0.407 e. The van der Waals surface area contributed by atoms with Gasteiger partial charge in [-0.25, -0.2) is 0 Å². The van der Waals surface area contributed by atoms with Crippen LogP contribution in [0.5, 0.6) is 0 Å². The molecule has 0 radical (unpaired) electrons. The maximum atomic E-state index is 11.2. The number of rotatable bonds is 7. The van der Waals surface area contributed by atoms with Crippen molar-refractivity contribution in [1.82, 2.24) is 20.8 Å². The normalized spacial score (nSPS) is 11.4. The molecule has 0 aliphatic carbocycles. The van der Waals surface area contributed by atoms with Crippen LogP contribution in [0.3, 0.4) is 0 Å². The van der Waals surface area contributed by atoms with Gasteiger partial charge in [0.25, 0.3) is 0 Å². The van der Waals surface area contributed by atoms with Crippen LogP contribution in [0.25, 0.3) is 0 Å². The lowest BCUT2D eigenvalue weighted by Gasteiger charge is -2.18. The maximum absolute atomic E-state index is 11.2. The Labute approximate surface area is 113 Å². The van der Waals surface area contributed by atoms with E-state index in [0.29, 0.717) is 38.0 Å². The fourth-order valence-corrected chi connectivity index (χ4v) is 1.31. The third-order valence-electron chi connectivity index (χ3n) is 2.24. The van der Waals surface area contributed by atoms with Crippen LogP contribution in [-0.2, 0) is 11.3 Å². The molecule has 0 saturated heterocycles. The van der Waals surface area contributed by atoms with Gasteiger partial charge in [0.2, 0.25) is 11.8 Å². The van der Waals surface area contributed by atoms with Crippen LogP contribution in [0.2, 0.25) is 0 Å². The number of nitrogens with one attached hydrogen (secondary N) is 3. The molecule has 7 nitrogen and oxygen atoms in total. The number of carbonyl (C=O) groups is 1. The van der Waals surface area contributed by atoms with Gasteiger partial charge in [0.1, 0.15) is 0 Å². The average molecular weight is 269 g/mol. The van der Waals surface area contributed by atoms with Crippen molar-refractivity contribution in [2.75, 3.05) is 18.4 Å². The fraction of sp³-hybridized carbons (Fsp3) is 0.750. The summed E-state index contributed by atoms with van der Waals surface area (Å²) in [5.41, 5.74) is 0.000301. The van der Waals surface area contributed by atoms with E-state index in [-0.39, 0.29) is 11.4 Å². The first-order valence-corrected chi connectivity index (χ1v) is 6.48. The van der Waals surface area contributed by atoms with Gasteiger partial charge < -0.3 is 20.4 Å². The number of hydrogen-bond donors (Lipinski definition) is 3. The maximum Gasteiger partial charge on any atom is 0.315 e. The van der Waals surface area contributed by atoms with E-state index in [2.05, 4.69) is 46.9 Å². The van der Waals surface area contributed by atoms with Crippen molar-refractivity contribution in [1.29, 1.82) is 0 Å². The molecule has 0 spiro atoms. The third-order valence-corrected chi connectivity index (χ3v) is 2.24. The molecule has 0 aliphatic heterocycles. The Morgan fingerprint density at radius 1 is 1.32 bits per heavy atom. The van der Waals surface area contributed by atoms with Crippen molar-refractivity contribution >= 4 is 11.9 Å². The van der Waals surface area contributed by atoms with E-state index in [9.17, 15) is 4.79 Å². The highest BCUT2D eigenvalue weighted by molar-refractivity contribution is 5.76. The molecule has 0 aliphatic rings. The molecule has 108 valence electrons. The van der Waals surface area contributed by atoms with Gasteiger partial charge in [-0.2, -0.15) is 0 Å². The van der Waals surface area contributed by atoms with Crippen LogP contribution < -0.4 is 16.0 Å². The molecule has 1 amide bonds. The molecule has 0 unspecified atom stereocenters. The van der Waals surface area contributed by atoms with Crippen molar-refractivity contribution in [3.05, 3.63) is 5.89 Å². The van der Waals surface area contributed by atoms with Crippen LogP contribution >= 0.6 is 0 Å². The van der Waals surface area contributed by atoms with E-state index < -0.39 is 0 Å². The predicted molar refractivity (Wildman–Crippen MR) is 72.7 cm³/mol. The minimum atomic E-state index is 0.000301. The van der Waals surface area contributed by atoms with E-state index in [1.807, 2.05) is 6.92 Å². The summed E-state index contributed by atoms with van der Waals surface area (Å²) in [5.74, 6) is 0.527. The first kappa shape index (κ1) is 15.4. The van der Waals surface area contributed by atoms with Crippen molar-refractivity contribution in [2.24, 2.45) is 0 Å². The summed E-state index contributed by atoms with van der Waals surface area (Å²) in [6.45, 7) is 9.72. The van der Waals surface area contributed by atoms with Gasteiger partial charge in [0.15, 0.2) is 0 Å². The van der Waals surface area contributed by atoms with Crippen LogP contribution in [0.15, 0.2) is 4.42 Å². The monoisotopic (exact) mass is 269 g/mol. The Bertz CT molecular complexity index is 397. The van der Waals surface area contributed by atoms with Gasteiger partial charge in [-0.3, -0.25) is 4.79 Å². The zero-order valence-electron chi connectivity index (χ0n) is 12.0. The molecule has 0 aromatic carbocycles. The van der Waals surface area contributed by atoms with Crippen molar-refractivity contribution in [2.45, 2.75) is 46.2 Å². The van der Waals surface area contributed by atoms with Gasteiger partial charge in [-0.15, -0.1) is 5.10 Å². The lowest BCUT2D eigenvalue weighted by atomic mass is 10.1. The molecule has 3 N–H and O–H groups in total. The number of carbonyl (C=O) groups excluding carboxylic acids is 1. The molecule has 1 heterocycles. The van der Waals surface area contributed by atoms with Crippen LogP contribution in [0.1, 0.15) is 40.0 Å². The van der Waals surface area contributed by atoms with E-state index in [4.69, 9.17) is 4.42 Å². The van der Waals surface area contributed by atoms with E-state index in [1.165, 1.54) is 0 Å². The highest BCUT2D eigenvalue weighted by Crippen LogP contribution is 2.07. The Morgan fingerprint density at radius 2 is 2.05 bits per heavy atom. The summed E-state index contributed by atoms with van der Waals surface area (Å²) in [5, 5.41) is 16.7. The lowest BCUT2D eigenvalue weighted by Crippen LogP contribution is -2.35. The second-order valence-corrected chi connectivity index (χ2v) is 5.23.